The molecule has 0 aromatic heterocycles. The minimum absolute atomic E-state index is 0.0304. The number of thioether (sulfide) groups is 1. The van der Waals surface area contributed by atoms with Gasteiger partial charge in [0.05, 0.1) is 23.9 Å². The number of amidine groups is 1. The number of nitrogens with one attached hydrogen (secondary N) is 2. The van der Waals surface area contributed by atoms with Crippen LogP contribution in [-0.2, 0) is 4.79 Å². The number of hydrogen-bond acceptors (Lipinski definition) is 6. The maximum absolute atomic E-state index is 13.6. The second kappa shape index (κ2) is 12.2. The van der Waals surface area contributed by atoms with Crippen molar-refractivity contribution in [1.29, 1.82) is 0 Å². The summed E-state index contributed by atoms with van der Waals surface area (Å²) in [6, 6.07) is 14.4. The summed E-state index contributed by atoms with van der Waals surface area (Å²) < 4.78 is 5.44. The van der Waals surface area contributed by atoms with E-state index in [0.29, 0.717) is 31.1 Å². The quantitative estimate of drug-likeness (QED) is 0.464. The van der Waals surface area contributed by atoms with Gasteiger partial charge < -0.3 is 25.2 Å². The molecule has 2 heterocycles. The van der Waals surface area contributed by atoms with Gasteiger partial charge in [-0.15, -0.1) is 0 Å². The number of urea groups is 1. The molecule has 1 unspecified atom stereocenters. The van der Waals surface area contributed by atoms with Crippen LogP contribution in [0, 0.1) is 0 Å². The minimum Gasteiger partial charge on any atom is -0.494 e. The van der Waals surface area contributed by atoms with Gasteiger partial charge in [-0.25, -0.2) is 9.79 Å². The van der Waals surface area contributed by atoms with Crippen molar-refractivity contribution in [2.75, 3.05) is 42.6 Å². The van der Waals surface area contributed by atoms with E-state index in [2.05, 4.69) is 15.5 Å². The highest BCUT2D eigenvalue weighted by Crippen LogP contribution is 2.40. The van der Waals surface area contributed by atoms with Gasteiger partial charge in [0.25, 0.3) is 5.91 Å². The minimum atomic E-state index is -0.329. The Bertz CT molecular complexity index is 1170. The molecular formula is C28H35N5O3S. The predicted molar refractivity (Wildman–Crippen MR) is 151 cm³/mol. The molecule has 0 spiro atoms. The van der Waals surface area contributed by atoms with Crippen LogP contribution in [0.3, 0.4) is 0 Å². The van der Waals surface area contributed by atoms with E-state index in [1.54, 1.807) is 23.9 Å². The number of benzene rings is 2. The van der Waals surface area contributed by atoms with Gasteiger partial charge in [0, 0.05) is 36.8 Å². The summed E-state index contributed by atoms with van der Waals surface area (Å²) in [4.78, 5) is 35.0. The molecular weight excluding hydrogens is 486 g/mol. The van der Waals surface area contributed by atoms with E-state index in [1.165, 1.54) is 0 Å². The molecule has 2 aromatic carbocycles. The molecule has 2 aliphatic rings. The van der Waals surface area contributed by atoms with E-state index >= 15 is 0 Å². The number of carbonyl (C=O) groups is 2. The lowest BCUT2D eigenvalue weighted by atomic mass is 9.93. The lowest BCUT2D eigenvalue weighted by molar-refractivity contribution is -0.127. The maximum Gasteiger partial charge on any atom is 0.323 e. The molecule has 2 aromatic rings. The first-order chi connectivity index (χ1) is 17.9. The van der Waals surface area contributed by atoms with Gasteiger partial charge in [-0.1, -0.05) is 23.9 Å². The van der Waals surface area contributed by atoms with Crippen molar-refractivity contribution in [1.82, 2.24) is 9.80 Å². The molecule has 2 N–H and O–H groups in total. The van der Waals surface area contributed by atoms with E-state index in [0.717, 1.165) is 46.5 Å². The summed E-state index contributed by atoms with van der Waals surface area (Å²) in [5, 5.41) is 6.70. The predicted octanol–water partition coefficient (Wildman–Crippen LogP) is 5.72. The van der Waals surface area contributed by atoms with Gasteiger partial charge >= 0.3 is 6.03 Å². The van der Waals surface area contributed by atoms with E-state index in [1.807, 2.05) is 69.0 Å². The molecule has 1 saturated heterocycles. The van der Waals surface area contributed by atoms with Crippen LogP contribution in [0.1, 0.15) is 45.7 Å². The van der Waals surface area contributed by atoms with Crippen molar-refractivity contribution in [3.8, 4) is 5.75 Å². The lowest BCUT2D eigenvalue weighted by Crippen LogP contribution is -2.45. The highest BCUT2D eigenvalue weighted by atomic mass is 32.2. The van der Waals surface area contributed by atoms with Crippen molar-refractivity contribution in [3.63, 3.8) is 0 Å². The first kappa shape index (κ1) is 26.6. The number of allylic oxidation sites excluding steroid dienone is 1. The Balaban J connectivity index is 1.53. The number of fused-ring (bicyclic) bond motifs is 1. The van der Waals surface area contributed by atoms with Gasteiger partial charge in [0.2, 0.25) is 0 Å². The fraction of sp³-hybridized carbons (Fsp3) is 0.393. The molecule has 37 heavy (non-hydrogen) atoms. The third-order valence-electron chi connectivity index (χ3n) is 6.45. The number of carbonyl (C=O) groups excluding carboxylic acids is 2. The number of amides is 3. The summed E-state index contributed by atoms with van der Waals surface area (Å²) >= 11 is 1.74. The zero-order valence-corrected chi connectivity index (χ0v) is 22.7. The molecule has 0 radical (unpaired) electrons. The van der Waals surface area contributed by atoms with E-state index in [9.17, 15) is 9.59 Å². The number of rotatable bonds is 8. The molecule has 0 saturated carbocycles. The van der Waals surface area contributed by atoms with Gasteiger partial charge in [0.1, 0.15) is 5.75 Å². The standard InChI is InChI=1S/C28H35N5O3S/c1-5-32(6-2)26(34)24-19(4)29-28-33(17-8-18-37-28)25(24)20-9-11-21(12-10-20)30-27(35)31-22-13-15-23(16-14-22)36-7-3/h9-16,25H,5-8,17-18H2,1-4H3,(H2,30,31,35). The highest BCUT2D eigenvalue weighted by molar-refractivity contribution is 8.13. The SMILES string of the molecule is CCOc1ccc(NC(=O)Nc2ccc(C3C(C(=O)N(CC)CC)=C(C)N=C4SCCCN43)cc2)cc1. The van der Waals surface area contributed by atoms with Crippen molar-refractivity contribution in [2.24, 2.45) is 4.99 Å². The number of ether oxygens (including phenoxy) is 1. The van der Waals surface area contributed by atoms with Crippen LogP contribution < -0.4 is 15.4 Å². The van der Waals surface area contributed by atoms with Crippen LogP contribution >= 0.6 is 11.8 Å². The van der Waals surface area contributed by atoms with Crippen molar-refractivity contribution in [3.05, 3.63) is 65.4 Å². The van der Waals surface area contributed by atoms with Gasteiger partial charge in [-0.2, -0.15) is 0 Å². The first-order valence-corrected chi connectivity index (χ1v) is 13.8. The second-order valence-electron chi connectivity index (χ2n) is 8.83. The Morgan fingerprint density at radius 3 is 2.24 bits per heavy atom. The topological polar surface area (TPSA) is 86.3 Å². The normalized spacial score (nSPS) is 17.0. The maximum atomic E-state index is 13.6. The Morgan fingerprint density at radius 1 is 1.03 bits per heavy atom. The number of hydrogen-bond donors (Lipinski definition) is 2. The largest absolute Gasteiger partial charge is 0.494 e. The zero-order chi connectivity index (χ0) is 26.4. The Labute approximate surface area is 223 Å². The number of aliphatic imine (C=N–C) groups is 1. The molecule has 196 valence electrons. The average molecular weight is 522 g/mol. The van der Waals surface area contributed by atoms with Gasteiger partial charge in [0.15, 0.2) is 5.17 Å². The smallest absolute Gasteiger partial charge is 0.323 e. The summed E-state index contributed by atoms with van der Waals surface area (Å²) in [7, 11) is 0. The van der Waals surface area contributed by atoms with E-state index in [4.69, 9.17) is 9.73 Å². The molecule has 4 rings (SSSR count). The third-order valence-corrected chi connectivity index (χ3v) is 7.52. The summed E-state index contributed by atoms with van der Waals surface area (Å²) in [5.41, 5.74) is 3.85. The molecule has 8 nitrogen and oxygen atoms in total. The van der Waals surface area contributed by atoms with Crippen LogP contribution in [-0.4, -0.2) is 58.9 Å². The van der Waals surface area contributed by atoms with Gasteiger partial charge in [-0.3, -0.25) is 4.79 Å². The van der Waals surface area contributed by atoms with Crippen LogP contribution in [0.5, 0.6) is 5.75 Å². The molecule has 0 bridgehead atoms. The third kappa shape index (κ3) is 6.10. The summed E-state index contributed by atoms with van der Waals surface area (Å²) in [6.45, 7) is 10.6. The fourth-order valence-electron chi connectivity index (χ4n) is 4.61. The summed E-state index contributed by atoms with van der Waals surface area (Å²) in [6.07, 6.45) is 1.04. The van der Waals surface area contributed by atoms with Crippen LogP contribution in [0.4, 0.5) is 16.2 Å². The Hall–Kier alpha value is -3.46. The van der Waals surface area contributed by atoms with Crippen LogP contribution in [0.25, 0.3) is 0 Å². The molecule has 1 fully saturated rings. The molecule has 9 heteroatoms. The van der Waals surface area contributed by atoms with E-state index < -0.39 is 0 Å². The molecule has 0 aliphatic carbocycles. The first-order valence-electron chi connectivity index (χ1n) is 12.8. The fourth-order valence-corrected chi connectivity index (χ4v) is 5.63. The van der Waals surface area contributed by atoms with Crippen LogP contribution in [0.15, 0.2) is 64.8 Å². The number of nitrogens with zero attached hydrogens (tertiary/aromatic N) is 3. The van der Waals surface area contributed by atoms with Gasteiger partial charge in [-0.05, 0) is 76.1 Å². The molecule has 1 atom stereocenters. The molecule has 3 amide bonds. The Morgan fingerprint density at radius 2 is 1.65 bits per heavy atom. The number of likely N-dealkylation sites (N-methyl/N-ethyl adjacent to an activating group) is 1. The number of anilines is 2. The highest BCUT2D eigenvalue weighted by Gasteiger charge is 2.38. The van der Waals surface area contributed by atoms with Crippen molar-refractivity contribution < 1.29 is 14.3 Å². The lowest BCUT2D eigenvalue weighted by Gasteiger charge is -2.41. The monoisotopic (exact) mass is 521 g/mol. The van der Waals surface area contributed by atoms with Crippen LogP contribution in [0.2, 0.25) is 0 Å². The molecule has 2 aliphatic heterocycles. The van der Waals surface area contributed by atoms with Crippen molar-refractivity contribution >= 4 is 40.2 Å². The van der Waals surface area contributed by atoms with E-state index in [-0.39, 0.29) is 18.0 Å². The second-order valence-corrected chi connectivity index (χ2v) is 9.89. The summed E-state index contributed by atoms with van der Waals surface area (Å²) in [5.74, 6) is 1.82. The zero-order valence-electron chi connectivity index (χ0n) is 21.9. The average Bonchev–Trinajstić information content (AvgIpc) is 2.90. The van der Waals surface area contributed by atoms with Crippen molar-refractivity contribution in [2.45, 2.75) is 40.2 Å². The Kier molecular flexibility index (Phi) is 8.76.